The van der Waals surface area contributed by atoms with E-state index < -0.39 is 0 Å². The van der Waals surface area contributed by atoms with Crippen molar-refractivity contribution in [3.8, 4) is 0 Å². The van der Waals surface area contributed by atoms with Crippen LogP contribution < -0.4 is 10.2 Å². The SMILES string of the molecule is O=C(Nc1ccc(N2CCOCC2)c(F)c1)c1cc2c(s1)CCCCC2. The molecule has 1 aromatic carbocycles. The van der Waals surface area contributed by atoms with Gasteiger partial charge >= 0.3 is 0 Å². The number of nitrogens with zero attached hydrogens (tertiary/aromatic N) is 1. The Labute approximate surface area is 157 Å². The lowest BCUT2D eigenvalue weighted by Gasteiger charge is -2.29. The van der Waals surface area contributed by atoms with Crippen molar-refractivity contribution in [2.45, 2.75) is 32.1 Å². The number of carbonyl (C=O) groups excluding carboxylic acids is 1. The highest BCUT2D eigenvalue weighted by atomic mass is 32.1. The third-order valence-electron chi connectivity index (χ3n) is 5.03. The maximum absolute atomic E-state index is 14.5. The summed E-state index contributed by atoms with van der Waals surface area (Å²) in [7, 11) is 0. The molecule has 1 aliphatic heterocycles. The van der Waals surface area contributed by atoms with Crippen molar-refractivity contribution in [3.63, 3.8) is 0 Å². The highest BCUT2D eigenvalue weighted by Crippen LogP contribution is 2.30. The summed E-state index contributed by atoms with van der Waals surface area (Å²) in [5, 5.41) is 2.84. The van der Waals surface area contributed by atoms with Crippen LogP contribution in [0.5, 0.6) is 0 Å². The summed E-state index contributed by atoms with van der Waals surface area (Å²) >= 11 is 1.58. The van der Waals surface area contributed by atoms with Crippen LogP contribution in [0.15, 0.2) is 24.3 Å². The van der Waals surface area contributed by atoms with E-state index in [-0.39, 0.29) is 11.7 Å². The Morgan fingerprint density at radius 2 is 1.92 bits per heavy atom. The Morgan fingerprint density at radius 3 is 2.73 bits per heavy atom. The first kappa shape index (κ1) is 17.5. The van der Waals surface area contributed by atoms with E-state index in [1.807, 2.05) is 11.0 Å². The van der Waals surface area contributed by atoms with Crippen LogP contribution in [0.25, 0.3) is 0 Å². The molecular formula is C20H23FN2O2S. The quantitative estimate of drug-likeness (QED) is 0.817. The van der Waals surface area contributed by atoms with Crippen LogP contribution in [0, 0.1) is 5.82 Å². The number of hydrogen-bond donors (Lipinski definition) is 1. The Hall–Kier alpha value is -1.92. The van der Waals surface area contributed by atoms with Crippen LogP contribution in [0.3, 0.4) is 0 Å². The zero-order chi connectivity index (χ0) is 17.9. The van der Waals surface area contributed by atoms with E-state index in [4.69, 9.17) is 4.74 Å². The maximum atomic E-state index is 14.5. The largest absolute Gasteiger partial charge is 0.378 e. The van der Waals surface area contributed by atoms with Crippen molar-refractivity contribution in [2.24, 2.45) is 0 Å². The first-order chi connectivity index (χ1) is 12.7. The molecular weight excluding hydrogens is 351 g/mol. The molecule has 0 radical (unpaired) electrons. The van der Waals surface area contributed by atoms with Crippen LogP contribution in [-0.4, -0.2) is 32.2 Å². The fraction of sp³-hybridized carbons (Fsp3) is 0.450. The maximum Gasteiger partial charge on any atom is 0.265 e. The van der Waals surface area contributed by atoms with Gasteiger partial charge in [-0.15, -0.1) is 11.3 Å². The van der Waals surface area contributed by atoms with E-state index in [0.29, 0.717) is 37.7 Å². The lowest BCUT2D eigenvalue weighted by atomic mass is 10.1. The average Bonchev–Trinajstić information content (AvgIpc) is 2.93. The van der Waals surface area contributed by atoms with Crippen LogP contribution in [0.1, 0.15) is 39.4 Å². The molecule has 1 amide bonds. The number of aryl methyl sites for hydroxylation is 2. The lowest BCUT2D eigenvalue weighted by Crippen LogP contribution is -2.36. The Balaban J connectivity index is 1.46. The summed E-state index contributed by atoms with van der Waals surface area (Å²) in [6, 6.07) is 6.92. The molecule has 0 bridgehead atoms. The Bertz CT molecular complexity index is 776. The van der Waals surface area contributed by atoms with E-state index in [1.54, 1.807) is 23.5 Å². The van der Waals surface area contributed by atoms with Gasteiger partial charge in [0.25, 0.3) is 5.91 Å². The van der Waals surface area contributed by atoms with Gasteiger partial charge in [-0.3, -0.25) is 4.79 Å². The average molecular weight is 374 g/mol. The molecule has 1 N–H and O–H groups in total. The van der Waals surface area contributed by atoms with E-state index in [2.05, 4.69) is 5.32 Å². The van der Waals surface area contributed by atoms with Crippen molar-refractivity contribution in [2.75, 3.05) is 36.5 Å². The zero-order valence-electron chi connectivity index (χ0n) is 14.7. The number of thiophene rings is 1. The molecule has 1 saturated heterocycles. The molecule has 0 unspecified atom stereocenters. The highest BCUT2D eigenvalue weighted by molar-refractivity contribution is 7.14. The summed E-state index contributed by atoms with van der Waals surface area (Å²) in [4.78, 5) is 16.6. The molecule has 2 aliphatic rings. The number of hydrogen-bond acceptors (Lipinski definition) is 4. The standard InChI is InChI=1S/C20H23FN2O2S/c21-16-13-15(6-7-17(16)23-8-10-25-11-9-23)22-20(24)19-12-14-4-2-1-3-5-18(14)26-19/h6-7,12-13H,1-5,8-11H2,(H,22,24). The molecule has 4 nitrogen and oxygen atoms in total. The van der Waals surface area contributed by atoms with Gasteiger partial charge in [-0.2, -0.15) is 0 Å². The fourth-order valence-electron chi connectivity index (χ4n) is 3.62. The Kier molecular flexibility index (Phi) is 5.22. The number of benzene rings is 1. The minimum Gasteiger partial charge on any atom is -0.378 e. The second-order valence-electron chi connectivity index (χ2n) is 6.84. The number of nitrogens with one attached hydrogen (secondary N) is 1. The van der Waals surface area contributed by atoms with Crippen LogP contribution in [0.4, 0.5) is 15.8 Å². The minimum absolute atomic E-state index is 0.151. The number of carbonyl (C=O) groups is 1. The fourth-order valence-corrected chi connectivity index (χ4v) is 4.77. The van der Waals surface area contributed by atoms with Crippen molar-refractivity contribution < 1.29 is 13.9 Å². The van der Waals surface area contributed by atoms with Gasteiger partial charge in [-0.25, -0.2) is 4.39 Å². The van der Waals surface area contributed by atoms with Crippen molar-refractivity contribution in [3.05, 3.63) is 45.4 Å². The number of fused-ring (bicyclic) bond motifs is 1. The molecule has 1 fully saturated rings. The topological polar surface area (TPSA) is 41.6 Å². The number of anilines is 2. The lowest BCUT2D eigenvalue weighted by molar-refractivity contribution is 0.103. The predicted molar refractivity (Wildman–Crippen MR) is 103 cm³/mol. The van der Waals surface area contributed by atoms with E-state index >= 15 is 0 Å². The van der Waals surface area contributed by atoms with Gasteiger partial charge in [0.05, 0.1) is 23.8 Å². The summed E-state index contributed by atoms with van der Waals surface area (Å²) in [6.07, 6.45) is 5.78. The summed E-state index contributed by atoms with van der Waals surface area (Å²) in [6.45, 7) is 2.59. The molecule has 2 heterocycles. The molecule has 0 saturated carbocycles. The summed E-state index contributed by atoms with van der Waals surface area (Å²) < 4.78 is 19.8. The van der Waals surface area contributed by atoms with Gasteiger partial charge in [0.1, 0.15) is 5.82 Å². The summed E-state index contributed by atoms with van der Waals surface area (Å²) in [5.74, 6) is -0.465. The molecule has 1 aromatic heterocycles. The molecule has 4 rings (SSSR count). The van der Waals surface area contributed by atoms with Gasteiger partial charge in [0, 0.05) is 23.7 Å². The van der Waals surface area contributed by atoms with Crippen LogP contribution in [0.2, 0.25) is 0 Å². The van der Waals surface area contributed by atoms with Gasteiger partial charge in [0.15, 0.2) is 0 Å². The van der Waals surface area contributed by atoms with Crippen LogP contribution in [-0.2, 0) is 17.6 Å². The number of ether oxygens (including phenoxy) is 1. The van der Waals surface area contributed by atoms with Gasteiger partial charge in [-0.05, 0) is 55.5 Å². The van der Waals surface area contributed by atoms with Gasteiger partial charge < -0.3 is 15.0 Å². The predicted octanol–water partition coefficient (Wildman–Crippen LogP) is 4.25. The highest BCUT2D eigenvalue weighted by Gasteiger charge is 2.18. The Morgan fingerprint density at radius 1 is 1.12 bits per heavy atom. The second kappa shape index (κ2) is 7.76. The van der Waals surface area contributed by atoms with Crippen LogP contribution >= 0.6 is 11.3 Å². The third kappa shape index (κ3) is 3.76. The first-order valence-electron chi connectivity index (χ1n) is 9.26. The van der Waals surface area contributed by atoms with E-state index in [9.17, 15) is 9.18 Å². The molecule has 138 valence electrons. The number of halogens is 1. The first-order valence-corrected chi connectivity index (χ1v) is 10.1. The third-order valence-corrected chi connectivity index (χ3v) is 6.26. The minimum atomic E-state index is -0.313. The van der Waals surface area contributed by atoms with Crippen molar-refractivity contribution in [1.82, 2.24) is 0 Å². The molecule has 2 aromatic rings. The van der Waals surface area contributed by atoms with Gasteiger partial charge in [0.2, 0.25) is 0 Å². The van der Waals surface area contributed by atoms with Crippen molar-refractivity contribution in [1.29, 1.82) is 0 Å². The van der Waals surface area contributed by atoms with Crippen molar-refractivity contribution >= 4 is 28.6 Å². The number of morpholine rings is 1. The second-order valence-corrected chi connectivity index (χ2v) is 7.98. The van der Waals surface area contributed by atoms with Gasteiger partial charge in [-0.1, -0.05) is 6.42 Å². The molecule has 0 spiro atoms. The number of rotatable bonds is 3. The van der Waals surface area contributed by atoms with E-state index in [1.165, 1.54) is 35.8 Å². The zero-order valence-corrected chi connectivity index (χ0v) is 15.5. The molecule has 1 aliphatic carbocycles. The monoisotopic (exact) mass is 374 g/mol. The molecule has 0 atom stereocenters. The molecule has 6 heteroatoms. The normalized spacial score (nSPS) is 17.5. The molecule has 26 heavy (non-hydrogen) atoms. The number of amides is 1. The van der Waals surface area contributed by atoms with E-state index in [0.717, 1.165) is 17.7 Å². The summed E-state index contributed by atoms with van der Waals surface area (Å²) in [5.41, 5.74) is 2.37. The smallest absolute Gasteiger partial charge is 0.265 e.